The van der Waals surface area contributed by atoms with Crippen LogP contribution in [0.25, 0.3) is 0 Å². The van der Waals surface area contributed by atoms with Crippen LogP contribution in [0.4, 0.5) is 0 Å². The van der Waals surface area contributed by atoms with Crippen LogP contribution in [0.2, 0.25) is 18.1 Å². The minimum Gasteiger partial charge on any atom is -0.481 e. The second-order valence-electron chi connectivity index (χ2n) is 8.53. The van der Waals surface area contributed by atoms with Crippen molar-refractivity contribution in [2.75, 3.05) is 0 Å². The molecule has 0 amide bonds. The molecule has 1 aliphatic rings. The van der Waals surface area contributed by atoms with E-state index in [2.05, 4.69) is 40.8 Å². The van der Waals surface area contributed by atoms with Crippen molar-refractivity contribution in [2.45, 2.75) is 103 Å². The molecule has 1 heterocycles. The summed E-state index contributed by atoms with van der Waals surface area (Å²) in [6, 6.07) is 0. The zero-order valence-corrected chi connectivity index (χ0v) is 17.0. The molecule has 0 aromatic heterocycles. The maximum atomic E-state index is 11.1. The van der Waals surface area contributed by atoms with E-state index in [1.165, 1.54) is 0 Å². The van der Waals surface area contributed by atoms with Gasteiger partial charge in [-0.1, -0.05) is 34.1 Å². The first kappa shape index (κ1) is 20.7. The van der Waals surface area contributed by atoms with Crippen molar-refractivity contribution in [1.29, 1.82) is 0 Å². The average Bonchev–Trinajstić information content (AvgIpc) is 2.84. The molecule has 0 saturated carbocycles. The lowest BCUT2D eigenvalue weighted by Gasteiger charge is -2.40. The summed E-state index contributed by atoms with van der Waals surface area (Å²) < 4.78 is 12.6. The number of carbonyl (C=O) groups is 1. The SMILES string of the molecule is CCC[C@@H](C[C@@H]1CC[C@H]([C@H](C)C(=O)O)O1)O[Si](C)(C)C(C)(C)C. The highest BCUT2D eigenvalue weighted by Gasteiger charge is 2.40. The molecular weight excluding hydrogens is 308 g/mol. The van der Waals surface area contributed by atoms with Crippen LogP contribution >= 0.6 is 0 Å². The van der Waals surface area contributed by atoms with Crippen LogP contribution in [0.1, 0.15) is 66.7 Å². The average molecular weight is 345 g/mol. The molecular formula is C18H36O4Si. The molecule has 23 heavy (non-hydrogen) atoms. The van der Waals surface area contributed by atoms with E-state index in [4.69, 9.17) is 14.3 Å². The zero-order chi connectivity index (χ0) is 17.8. The van der Waals surface area contributed by atoms with Gasteiger partial charge in [0, 0.05) is 6.10 Å². The van der Waals surface area contributed by atoms with Gasteiger partial charge in [0.15, 0.2) is 8.32 Å². The van der Waals surface area contributed by atoms with Gasteiger partial charge in [0.05, 0.1) is 18.1 Å². The minimum atomic E-state index is -1.78. The van der Waals surface area contributed by atoms with Crippen LogP contribution in [-0.2, 0) is 14.0 Å². The Morgan fingerprint density at radius 2 is 1.96 bits per heavy atom. The van der Waals surface area contributed by atoms with Crippen LogP contribution < -0.4 is 0 Å². The number of carboxylic acids is 1. The molecule has 1 aliphatic heterocycles. The van der Waals surface area contributed by atoms with E-state index in [9.17, 15) is 4.79 Å². The topological polar surface area (TPSA) is 55.8 Å². The summed E-state index contributed by atoms with van der Waals surface area (Å²) in [4.78, 5) is 11.1. The first-order valence-corrected chi connectivity index (χ1v) is 11.9. The monoisotopic (exact) mass is 344 g/mol. The predicted molar refractivity (Wildman–Crippen MR) is 96.3 cm³/mol. The molecule has 0 radical (unpaired) electrons. The summed E-state index contributed by atoms with van der Waals surface area (Å²) in [7, 11) is -1.78. The molecule has 1 fully saturated rings. The summed E-state index contributed by atoms with van der Waals surface area (Å²) in [5.74, 6) is -1.19. The Morgan fingerprint density at radius 3 is 2.43 bits per heavy atom. The molecule has 1 N–H and O–H groups in total. The van der Waals surface area contributed by atoms with Gasteiger partial charge in [-0.3, -0.25) is 4.79 Å². The molecule has 1 rings (SSSR count). The number of hydrogen-bond acceptors (Lipinski definition) is 3. The molecule has 4 atom stereocenters. The minimum absolute atomic E-state index is 0.142. The van der Waals surface area contributed by atoms with E-state index in [1.54, 1.807) is 6.92 Å². The number of ether oxygens (including phenoxy) is 1. The van der Waals surface area contributed by atoms with Crippen molar-refractivity contribution in [3.8, 4) is 0 Å². The maximum Gasteiger partial charge on any atom is 0.308 e. The van der Waals surface area contributed by atoms with Crippen LogP contribution in [0.15, 0.2) is 0 Å². The smallest absolute Gasteiger partial charge is 0.308 e. The Balaban J connectivity index is 2.62. The van der Waals surface area contributed by atoms with E-state index < -0.39 is 20.2 Å². The van der Waals surface area contributed by atoms with Gasteiger partial charge in [-0.05, 0) is 50.7 Å². The van der Waals surface area contributed by atoms with Gasteiger partial charge < -0.3 is 14.3 Å². The van der Waals surface area contributed by atoms with E-state index in [-0.39, 0.29) is 23.4 Å². The fourth-order valence-corrected chi connectivity index (χ4v) is 4.27. The molecule has 4 nitrogen and oxygen atoms in total. The van der Waals surface area contributed by atoms with Gasteiger partial charge in [0.2, 0.25) is 0 Å². The Bertz CT molecular complexity index is 389. The Labute approximate surface area is 143 Å². The second kappa shape index (κ2) is 8.12. The van der Waals surface area contributed by atoms with Gasteiger partial charge in [0.1, 0.15) is 0 Å². The standard InChI is InChI=1S/C18H36O4Si/c1-8-9-15(22-23(6,7)18(3,4)5)12-14-10-11-16(21-14)13(2)17(19)20/h13-16H,8-12H2,1-7H3,(H,19,20)/t13-,14-,15-,16+/m0/s1. The van der Waals surface area contributed by atoms with E-state index in [1.807, 2.05) is 0 Å². The first-order valence-electron chi connectivity index (χ1n) is 9.04. The lowest BCUT2D eigenvalue weighted by atomic mass is 10.0. The molecule has 0 aliphatic carbocycles. The molecule has 0 unspecified atom stereocenters. The summed E-state index contributed by atoms with van der Waals surface area (Å²) in [6.45, 7) is 15.3. The number of carboxylic acid groups (broad SMARTS) is 1. The Morgan fingerprint density at radius 1 is 1.35 bits per heavy atom. The molecule has 0 aromatic rings. The van der Waals surface area contributed by atoms with Crippen molar-refractivity contribution in [3.05, 3.63) is 0 Å². The third kappa shape index (κ3) is 5.87. The van der Waals surface area contributed by atoms with Crippen LogP contribution in [-0.4, -0.2) is 37.7 Å². The van der Waals surface area contributed by atoms with Crippen LogP contribution in [0.3, 0.4) is 0 Å². The predicted octanol–water partition coefficient (Wildman–Crippen LogP) is 4.84. The third-order valence-corrected chi connectivity index (χ3v) is 10.0. The van der Waals surface area contributed by atoms with Gasteiger partial charge in [-0.2, -0.15) is 0 Å². The van der Waals surface area contributed by atoms with Gasteiger partial charge in [0.25, 0.3) is 0 Å². The lowest BCUT2D eigenvalue weighted by Crippen LogP contribution is -2.44. The molecule has 0 bridgehead atoms. The van der Waals surface area contributed by atoms with E-state index >= 15 is 0 Å². The van der Waals surface area contributed by atoms with Gasteiger partial charge >= 0.3 is 5.97 Å². The molecule has 0 spiro atoms. The highest BCUT2D eigenvalue weighted by Crippen LogP contribution is 2.39. The summed E-state index contributed by atoms with van der Waals surface area (Å²) in [6.07, 6.45) is 5.05. The highest BCUT2D eigenvalue weighted by atomic mass is 28.4. The fraction of sp³-hybridized carbons (Fsp3) is 0.944. The highest BCUT2D eigenvalue weighted by molar-refractivity contribution is 6.74. The quantitative estimate of drug-likeness (QED) is 0.640. The fourth-order valence-electron chi connectivity index (χ4n) is 2.87. The van der Waals surface area contributed by atoms with Crippen molar-refractivity contribution >= 4 is 14.3 Å². The van der Waals surface area contributed by atoms with Crippen molar-refractivity contribution < 1.29 is 19.1 Å². The maximum absolute atomic E-state index is 11.1. The second-order valence-corrected chi connectivity index (χ2v) is 13.3. The van der Waals surface area contributed by atoms with Gasteiger partial charge in [-0.25, -0.2) is 0 Å². The van der Waals surface area contributed by atoms with Gasteiger partial charge in [-0.15, -0.1) is 0 Å². The molecule has 0 aromatic carbocycles. The number of rotatable bonds is 8. The van der Waals surface area contributed by atoms with E-state index in [0.29, 0.717) is 0 Å². The lowest BCUT2D eigenvalue weighted by molar-refractivity contribution is -0.146. The van der Waals surface area contributed by atoms with Crippen molar-refractivity contribution in [3.63, 3.8) is 0 Å². The van der Waals surface area contributed by atoms with Crippen LogP contribution in [0, 0.1) is 5.92 Å². The normalized spacial score (nSPS) is 25.3. The first-order chi connectivity index (χ1) is 10.5. The molecule has 5 heteroatoms. The summed E-state index contributed by atoms with van der Waals surface area (Å²) in [5.41, 5.74) is 0. The van der Waals surface area contributed by atoms with Crippen LogP contribution in [0.5, 0.6) is 0 Å². The largest absolute Gasteiger partial charge is 0.481 e. The Kier molecular flexibility index (Phi) is 7.29. The Hall–Kier alpha value is -0.393. The molecule has 1 saturated heterocycles. The third-order valence-electron chi connectivity index (χ3n) is 5.49. The van der Waals surface area contributed by atoms with Crippen molar-refractivity contribution in [2.24, 2.45) is 5.92 Å². The number of aliphatic carboxylic acids is 1. The molecule has 136 valence electrons. The summed E-state index contributed by atoms with van der Waals surface area (Å²) >= 11 is 0. The van der Waals surface area contributed by atoms with E-state index in [0.717, 1.165) is 32.1 Å². The number of hydrogen-bond donors (Lipinski definition) is 1. The zero-order valence-electron chi connectivity index (χ0n) is 16.0. The summed E-state index contributed by atoms with van der Waals surface area (Å²) in [5, 5.41) is 9.34. The van der Waals surface area contributed by atoms with Crippen molar-refractivity contribution in [1.82, 2.24) is 0 Å².